The molecule has 3 heterocycles. The van der Waals surface area contributed by atoms with Gasteiger partial charge in [-0.25, -0.2) is 4.98 Å². The molecule has 0 spiro atoms. The molecule has 1 fully saturated rings. The molecule has 19 heavy (non-hydrogen) atoms. The van der Waals surface area contributed by atoms with Gasteiger partial charge in [-0.1, -0.05) is 6.92 Å². The number of hydrogen-bond donors (Lipinski definition) is 1. The number of aromatic nitrogens is 2. The van der Waals surface area contributed by atoms with Gasteiger partial charge in [0.05, 0.1) is 29.7 Å². The molecule has 1 aromatic rings. The van der Waals surface area contributed by atoms with Gasteiger partial charge in [-0.15, -0.1) is 11.8 Å². The van der Waals surface area contributed by atoms with Crippen molar-refractivity contribution in [2.45, 2.75) is 36.9 Å². The molecule has 104 valence electrons. The molecule has 2 aliphatic rings. The highest BCUT2D eigenvalue weighted by Crippen LogP contribution is 2.42. The van der Waals surface area contributed by atoms with E-state index in [1.807, 2.05) is 23.5 Å². The third kappa shape index (κ3) is 2.71. The van der Waals surface area contributed by atoms with Gasteiger partial charge in [0.25, 0.3) is 5.56 Å². The lowest BCUT2D eigenvalue weighted by atomic mass is 10.1. The van der Waals surface area contributed by atoms with Crippen molar-refractivity contribution in [1.29, 1.82) is 0 Å². The van der Waals surface area contributed by atoms with Crippen LogP contribution in [0, 0.1) is 0 Å². The van der Waals surface area contributed by atoms with Gasteiger partial charge < -0.3 is 9.72 Å². The number of H-pyrrole nitrogens is 1. The van der Waals surface area contributed by atoms with E-state index in [0.717, 1.165) is 35.7 Å². The van der Waals surface area contributed by atoms with Crippen molar-refractivity contribution in [3.63, 3.8) is 0 Å². The minimum Gasteiger partial charge on any atom is -0.376 e. The summed E-state index contributed by atoms with van der Waals surface area (Å²) < 4.78 is 5.34. The van der Waals surface area contributed by atoms with Crippen molar-refractivity contribution in [2.24, 2.45) is 0 Å². The van der Waals surface area contributed by atoms with Crippen LogP contribution in [0.15, 0.2) is 4.79 Å². The van der Waals surface area contributed by atoms with Crippen molar-refractivity contribution in [2.75, 3.05) is 18.1 Å². The number of aromatic amines is 1. The van der Waals surface area contributed by atoms with Gasteiger partial charge in [-0.3, -0.25) is 4.79 Å². The zero-order valence-corrected chi connectivity index (χ0v) is 12.6. The number of nitrogens with one attached hydrogen (secondary N) is 1. The van der Waals surface area contributed by atoms with Crippen LogP contribution in [0.25, 0.3) is 0 Å². The number of rotatable bonds is 2. The second kappa shape index (κ2) is 5.89. The Morgan fingerprint density at radius 2 is 2.26 bits per heavy atom. The Bertz CT molecular complexity index is 518. The zero-order chi connectivity index (χ0) is 13.2. The molecule has 4 nitrogen and oxygen atoms in total. The topological polar surface area (TPSA) is 55.0 Å². The molecule has 1 saturated heterocycles. The fraction of sp³-hybridized carbons (Fsp3) is 0.692. The maximum absolute atomic E-state index is 12.1. The normalized spacial score (nSPS) is 27.0. The maximum Gasteiger partial charge on any atom is 0.256 e. The van der Waals surface area contributed by atoms with Crippen LogP contribution in [0.1, 0.15) is 35.7 Å². The second-order valence-electron chi connectivity index (χ2n) is 4.79. The Hall–Kier alpha value is -0.460. The van der Waals surface area contributed by atoms with Crippen LogP contribution in [-0.4, -0.2) is 33.3 Å². The maximum atomic E-state index is 12.1. The Labute approximate surface area is 121 Å². The molecule has 2 atom stereocenters. The molecule has 0 aliphatic carbocycles. The first-order chi connectivity index (χ1) is 9.29. The van der Waals surface area contributed by atoms with Crippen molar-refractivity contribution in [1.82, 2.24) is 9.97 Å². The van der Waals surface area contributed by atoms with E-state index in [9.17, 15) is 4.79 Å². The largest absolute Gasteiger partial charge is 0.376 e. The monoisotopic (exact) mass is 298 g/mol. The molecule has 0 bridgehead atoms. The predicted octanol–water partition coefficient (Wildman–Crippen LogP) is 2.14. The van der Waals surface area contributed by atoms with Crippen molar-refractivity contribution in [3.8, 4) is 0 Å². The molecular formula is C13H18N2O2S2. The Balaban J connectivity index is 1.96. The van der Waals surface area contributed by atoms with Gasteiger partial charge in [0.15, 0.2) is 0 Å². The lowest BCUT2D eigenvalue weighted by molar-refractivity contribution is 0.108. The summed E-state index contributed by atoms with van der Waals surface area (Å²) in [6.45, 7) is 3.29. The van der Waals surface area contributed by atoms with Crippen molar-refractivity contribution >= 4 is 23.5 Å². The molecule has 2 unspecified atom stereocenters. The van der Waals surface area contributed by atoms with Crippen LogP contribution in [-0.2, 0) is 17.8 Å². The minimum absolute atomic E-state index is 0.00859. The van der Waals surface area contributed by atoms with Crippen molar-refractivity contribution in [3.05, 3.63) is 27.4 Å². The number of hydrogen-bond acceptors (Lipinski definition) is 5. The minimum atomic E-state index is -0.00859. The number of fused-ring (bicyclic) bond motifs is 1. The Kier molecular flexibility index (Phi) is 4.19. The molecule has 0 aromatic carbocycles. The molecule has 1 aromatic heterocycles. The summed E-state index contributed by atoms with van der Waals surface area (Å²) in [4.78, 5) is 19.8. The third-order valence-corrected chi connectivity index (χ3v) is 6.83. The number of thioether (sulfide) groups is 2. The van der Waals surface area contributed by atoms with Crippen LogP contribution < -0.4 is 5.56 Å². The lowest BCUT2D eigenvalue weighted by Crippen LogP contribution is -2.29. The molecule has 3 rings (SSSR count). The van der Waals surface area contributed by atoms with Crippen molar-refractivity contribution < 1.29 is 4.74 Å². The zero-order valence-electron chi connectivity index (χ0n) is 11.0. The molecule has 0 amide bonds. The summed E-state index contributed by atoms with van der Waals surface area (Å²) in [5.41, 5.74) is 1.65. The van der Waals surface area contributed by atoms with Gasteiger partial charge in [-0.05, 0) is 6.42 Å². The molecule has 1 N–H and O–H groups in total. The average Bonchev–Trinajstić information content (AvgIpc) is 2.47. The average molecular weight is 298 g/mol. The summed E-state index contributed by atoms with van der Waals surface area (Å²) in [6, 6.07) is 0. The number of nitrogens with zero attached hydrogens (tertiary/aromatic N) is 1. The first-order valence-electron chi connectivity index (χ1n) is 6.72. The van der Waals surface area contributed by atoms with Crippen LogP contribution >= 0.6 is 23.5 Å². The summed E-state index contributed by atoms with van der Waals surface area (Å²) in [6.07, 6.45) is 1.87. The Morgan fingerprint density at radius 1 is 1.42 bits per heavy atom. The second-order valence-corrected chi connectivity index (χ2v) is 7.38. The number of ether oxygens (including phenoxy) is 1. The summed E-state index contributed by atoms with van der Waals surface area (Å²) >= 11 is 3.93. The van der Waals surface area contributed by atoms with E-state index in [4.69, 9.17) is 9.72 Å². The molecule has 0 radical (unpaired) electrons. The SMILES string of the molecule is CCC1SCCSC1c1nc2c(c(=O)[nH]1)COCC2. The highest BCUT2D eigenvalue weighted by Gasteiger charge is 2.29. The van der Waals surface area contributed by atoms with Gasteiger partial charge in [0.2, 0.25) is 0 Å². The van der Waals surface area contributed by atoms with Gasteiger partial charge in [0.1, 0.15) is 5.82 Å². The van der Waals surface area contributed by atoms with Gasteiger partial charge in [0, 0.05) is 23.2 Å². The van der Waals surface area contributed by atoms with E-state index < -0.39 is 0 Å². The van der Waals surface area contributed by atoms with Crippen LogP contribution in [0.4, 0.5) is 0 Å². The third-order valence-electron chi connectivity index (χ3n) is 3.57. The first-order valence-corrected chi connectivity index (χ1v) is 8.82. The first kappa shape index (κ1) is 13.5. The standard InChI is InChI=1S/C13H18N2O2S2/c1-2-10-11(19-6-5-18-10)12-14-9-3-4-17-7-8(9)13(16)15-12/h10-11H,2-7H2,1H3,(H,14,15,16). The van der Waals surface area contributed by atoms with Crippen LogP contribution in [0.2, 0.25) is 0 Å². The lowest BCUT2D eigenvalue weighted by Gasteiger charge is -2.29. The van der Waals surface area contributed by atoms with Gasteiger partial charge >= 0.3 is 0 Å². The van der Waals surface area contributed by atoms with Crippen LogP contribution in [0.5, 0.6) is 0 Å². The highest BCUT2D eigenvalue weighted by atomic mass is 32.2. The Morgan fingerprint density at radius 3 is 3.11 bits per heavy atom. The van der Waals surface area contributed by atoms with E-state index in [2.05, 4.69) is 11.9 Å². The van der Waals surface area contributed by atoms with Gasteiger partial charge in [-0.2, -0.15) is 11.8 Å². The molecule has 6 heteroatoms. The quantitative estimate of drug-likeness (QED) is 0.906. The molecule has 0 saturated carbocycles. The summed E-state index contributed by atoms with van der Waals surface area (Å²) in [5.74, 6) is 3.20. The van der Waals surface area contributed by atoms with E-state index in [0.29, 0.717) is 23.7 Å². The molecular weight excluding hydrogens is 280 g/mol. The van der Waals surface area contributed by atoms with Crippen LogP contribution in [0.3, 0.4) is 0 Å². The molecule has 2 aliphatic heterocycles. The van der Waals surface area contributed by atoms with E-state index >= 15 is 0 Å². The predicted molar refractivity (Wildman–Crippen MR) is 80.0 cm³/mol. The summed E-state index contributed by atoms with van der Waals surface area (Å²) in [5, 5.41) is 0.879. The fourth-order valence-corrected chi connectivity index (χ4v) is 5.57. The van der Waals surface area contributed by atoms with E-state index in [1.165, 1.54) is 5.75 Å². The fourth-order valence-electron chi connectivity index (χ4n) is 2.55. The van der Waals surface area contributed by atoms with E-state index in [-0.39, 0.29) is 5.56 Å². The highest BCUT2D eigenvalue weighted by molar-refractivity contribution is 8.06. The smallest absolute Gasteiger partial charge is 0.256 e. The van der Waals surface area contributed by atoms with E-state index in [1.54, 1.807) is 0 Å². The summed E-state index contributed by atoms with van der Waals surface area (Å²) in [7, 11) is 0.